The molecule has 0 spiro atoms. The van der Waals surface area contributed by atoms with E-state index in [9.17, 15) is 4.79 Å². The van der Waals surface area contributed by atoms with Crippen molar-refractivity contribution in [3.8, 4) is 5.75 Å². The van der Waals surface area contributed by atoms with Crippen LogP contribution < -0.4 is 10.5 Å². The second-order valence-electron chi connectivity index (χ2n) is 3.91. The molecule has 0 amide bonds. The Kier molecular flexibility index (Phi) is 4.97. The van der Waals surface area contributed by atoms with E-state index in [0.29, 0.717) is 12.4 Å². The maximum absolute atomic E-state index is 11.1. The molecule has 17 heavy (non-hydrogen) atoms. The molecule has 94 valence electrons. The van der Waals surface area contributed by atoms with Gasteiger partial charge in [-0.3, -0.25) is 0 Å². The molecule has 2 N–H and O–H groups in total. The molecule has 0 saturated carbocycles. The molecular weight excluding hydrogens is 218 g/mol. The summed E-state index contributed by atoms with van der Waals surface area (Å²) in [5.74, 6) is 0.325. The fourth-order valence-electron chi connectivity index (χ4n) is 1.46. The number of benzene rings is 1. The molecule has 4 nitrogen and oxygen atoms in total. The van der Waals surface area contributed by atoms with Crippen LogP contribution in [0.2, 0.25) is 0 Å². The number of carbonyl (C=O) groups excluding carboxylic acids is 1. The second kappa shape index (κ2) is 6.25. The van der Waals surface area contributed by atoms with Crippen LogP contribution in [0.25, 0.3) is 0 Å². The van der Waals surface area contributed by atoms with Gasteiger partial charge in [-0.05, 0) is 38.0 Å². The monoisotopic (exact) mass is 237 g/mol. The Labute approximate surface area is 102 Å². The van der Waals surface area contributed by atoms with Crippen LogP contribution in [-0.2, 0) is 9.53 Å². The van der Waals surface area contributed by atoms with Crippen molar-refractivity contribution in [3.63, 3.8) is 0 Å². The smallest absolute Gasteiger partial charge is 0.344 e. The van der Waals surface area contributed by atoms with E-state index in [0.717, 1.165) is 11.1 Å². The van der Waals surface area contributed by atoms with Gasteiger partial charge >= 0.3 is 5.97 Å². The van der Waals surface area contributed by atoms with Crippen molar-refractivity contribution in [1.29, 1.82) is 0 Å². The number of esters is 1. The van der Waals surface area contributed by atoms with E-state index in [2.05, 4.69) is 0 Å². The van der Waals surface area contributed by atoms with Gasteiger partial charge in [0.25, 0.3) is 0 Å². The molecular formula is C13H19NO3. The summed E-state index contributed by atoms with van der Waals surface area (Å²) in [6.07, 6.45) is 0. The van der Waals surface area contributed by atoms with Crippen LogP contribution >= 0.6 is 0 Å². The largest absolute Gasteiger partial charge is 0.482 e. The first-order valence-electron chi connectivity index (χ1n) is 5.69. The van der Waals surface area contributed by atoms with Crippen molar-refractivity contribution in [1.82, 2.24) is 0 Å². The minimum atomic E-state index is -0.358. The summed E-state index contributed by atoms with van der Waals surface area (Å²) in [7, 11) is 0. The first-order chi connectivity index (χ1) is 8.04. The lowest BCUT2D eigenvalue weighted by Crippen LogP contribution is -2.15. The summed E-state index contributed by atoms with van der Waals surface area (Å²) in [6.45, 7) is 5.91. The first-order valence-corrected chi connectivity index (χ1v) is 5.69. The lowest BCUT2D eigenvalue weighted by atomic mass is 10.1. The quantitative estimate of drug-likeness (QED) is 0.795. The zero-order valence-electron chi connectivity index (χ0n) is 10.5. The highest BCUT2D eigenvalue weighted by atomic mass is 16.6. The second-order valence-corrected chi connectivity index (χ2v) is 3.91. The van der Waals surface area contributed by atoms with Gasteiger partial charge in [-0.1, -0.05) is 12.1 Å². The molecule has 1 atom stereocenters. The minimum absolute atomic E-state index is 0.00666. The highest BCUT2D eigenvalue weighted by Gasteiger charge is 2.07. The summed E-state index contributed by atoms with van der Waals surface area (Å²) >= 11 is 0. The third-order valence-corrected chi connectivity index (χ3v) is 2.38. The maximum atomic E-state index is 11.1. The lowest BCUT2D eigenvalue weighted by Gasteiger charge is -2.11. The fraction of sp³-hybridized carbons (Fsp3) is 0.462. The Morgan fingerprint density at radius 1 is 1.47 bits per heavy atom. The van der Waals surface area contributed by atoms with Crippen LogP contribution in [0.4, 0.5) is 0 Å². The van der Waals surface area contributed by atoms with E-state index in [1.165, 1.54) is 0 Å². The standard InChI is InChI=1S/C13H19NO3/c1-4-16-13(15)8-17-12-6-5-11(10(3)14)7-9(12)2/h5-7,10H,4,8,14H2,1-3H3/t10-/m1/s1. The minimum Gasteiger partial charge on any atom is -0.482 e. The average Bonchev–Trinajstić information content (AvgIpc) is 2.27. The molecule has 1 aromatic rings. The summed E-state index contributed by atoms with van der Waals surface area (Å²) in [4.78, 5) is 11.1. The molecule has 1 aromatic carbocycles. The van der Waals surface area contributed by atoms with Crippen LogP contribution in [0.3, 0.4) is 0 Å². The Balaban J connectivity index is 2.63. The third-order valence-electron chi connectivity index (χ3n) is 2.38. The Morgan fingerprint density at radius 3 is 2.71 bits per heavy atom. The van der Waals surface area contributed by atoms with Gasteiger partial charge in [0, 0.05) is 6.04 Å². The van der Waals surface area contributed by atoms with Crippen LogP contribution in [0, 0.1) is 6.92 Å². The molecule has 0 bridgehead atoms. The molecule has 0 aliphatic heterocycles. The number of rotatable bonds is 5. The third kappa shape index (κ3) is 4.07. The molecule has 0 aliphatic carbocycles. The van der Waals surface area contributed by atoms with Crippen LogP contribution in [-0.4, -0.2) is 19.2 Å². The van der Waals surface area contributed by atoms with E-state index in [1.807, 2.05) is 32.0 Å². The van der Waals surface area contributed by atoms with Crippen molar-refractivity contribution in [2.45, 2.75) is 26.8 Å². The van der Waals surface area contributed by atoms with Crippen molar-refractivity contribution < 1.29 is 14.3 Å². The van der Waals surface area contributed by atoms with E-state index < -0.39 is 0 Å². The van der Waals surface area contributed by atoms with Gasteiger partial charge in [-0.15, -0.1) is 0 Å². The Morgan fingerprint density at radius 2 is 2.18 bits per heavy atom. The topological polar surface area (TPSA) is 61.5 Å². The molecule has 1 rings (SSSR count). The highest BCUT2D eigenvalue weighted by molar-refractivity contribution is 5.71. The molecule has 0 unspecified atom stereocenters. The maximum Gasteiger partial charge on any atom is 0.344 e. The number of aryl methyl sites for hydroxylation is 1. The van der Waals surface area contributed by atoms with Gasteiger partial charge in [-0.2, -0.15) is 0 Å². The van der Waals surface area contributed by atoms with Crippen LogP contribution in [0.1, 0.15) is 31.0 Å². The number of carbonyl (C=O) groups is 1. The van der Waals surface area contributed by atoms with Gasteiger partial charge in [-0.25, -0.2) is 4.79 Å². The molecule has 4 heteroatoms. The zero-order chi connectivity index (χ0) is 12.8. The van der Waals surface area contributed by atoms with Gasteiger partial charge in [0.2, 0.25) is 0 Å². The van der Waals surface area contributed by atoms with Gasteiger partial charge in [0.15, 0.2) is 6.61 Å². The number of nitrogens with two attached hydrogens (primary N) is 1. The summed E-state index contributed by atoms with van der Waals surface area (Å²) in [5.41, 5.74) is 7.79. The molecule has 0 aromatic heterocycles. The van der Waals surface area contributed by atoms with Crippen molar-refractivity contribution >= 4 is 5.97 Å². The Bertz CT molecular complexity index is 388. The molecule has 0 heterocycles. The lowest BCUT2D eigenvalue weighted by molar-refractivity contribution is -0.145. The molecule has 0 saturated heterocycles. The predicted octanol–water partition coefficient (Wildman–Crippen LogP) is 1.96. The normalized spacial score (nSPS) is 12.0. The van der Waals surface area contributed by atoms with Crippen molar-refractivity contribution in [2.75, 3.05) is 13.2 Å². The van der Waals surface area contributed by atoms with Crippen LogP contribution in [0.15, 0.2) is 18.2 Å². The summed E-state index contributed by atoms with van der Waals surface area (Å²) in [6, 6.07) is 5.68. The SMILES string of the molecule is CCOC(=O)COc1ccc([C@@H](C)N)cc1C. The van der Waals surface area contributed by atoms with Crippen molar-refractivity contribution in [3.05, 3.63) is 29.3 Å². The first kappa shape index (κ1) is 13.5. The van der Waals surface area contributed by atoms with Crippen LogP contribution in [0.5, 0.6) is 5.75 Å². The van der Waals surface area contributed by atoms with Gasteiger partial charge in [0.05, 0.1) is 6.61 Å². The zero-order valence-corrected chi connectivity index (χ0v) is 10.5. The van der Waals surface area contributed by atoms with E-state index in [4.69, 9.17) is 15.2 Å². The summed E-state index contributed by atoms with van der Waals surface area (Å²) in [5, 5.41) is 0. The number of hydrogen-bond donors (Lipinski definition) is 1. The van der Waals surface area contributed by atoms with E-state index in [1.54, 1.807) is 6.92 Å². The number of ether oxygens (including phenoxy) is 2. The average molecular weight is 237 g/mol. The fourth-order valence-corrected chi connectivity index (χ4v) is 1.46. The Hall–Kier alpha value is -1.55. The predicted molar refractivity (Wildman–Crippen MR) is 65.9 cm³/mol. The molecule has 0 radical (unpaired) electrons. The highest BCUT2D eigenvalue weighted by Crippen LogP contribution is 2.21. The summed E-state index contributed by atoms with van der Waals surface area (Å²) < 4.78 is 10.2. The molecule has 0 fully saturated rings. The van der Waals surface area contributed by atoms with Crippen molar-refractivity contribution in [2.24, 2.45) is 5.73 Å². The molecule has 0 aliphatic rings. The van der Waals surface area contributed by atoms with E-state index in [-0.39, 0.29) is 18.6 Å². The van der Waals surface area contributed by atoms with E-state index >= 15 is 0 Å². The van der Waals surface area contributed by atoms with Gasteiger partial charge < -0.3 is 15.2 Å². The van der Waals surface area contributed by atoms with Gasteiger partial charge in [0.1, 0.15) is 5.75 Å². The number of hydrogen-bond acceptors (Lipinski definition) is 4.